The highest BCUT2D eigenvalue weighted by Crippen LogP contribution is 2.25. The van der Waals surface area contributed by atoms with Crippen LogP contribution < -0.4 is 10.2 Å². The first-order valence-corrected chi connectivity index (χ1v) is 6.65. The largest absolute Gasteiger partial charge is 0.329 e. The lowest BCUT2D eigenvalue weighted by Gasteiger charge is -2.25. The molecule has 0 bridgehead atoms. The topological polar surface area (TPSA) is 66.7 Å². The molecule has 1 N–H and O–H groups in total. The average molecular weight is 272 g/mol. The number of amides is 3. The number of hydrogen-bond acceptors (Lipinski definition) is 3. The summed E-state index contributed by atoms with van der Waals surface area (Å²) >= 11 is 0. The van der Waals surface area contributed by atoms with E-state index in [9.17, 15) is 9.59 Å². The maximum atomic E-state index is 11.9. The molecule has 6 heteroatoms. The number of aromatic nitrogens is 2. The first kappa shape index (κ1) is 12.7. The number of carbonyl (C=O) groups is 2. The van der Waals surface area contributed by atoms with Gasteiger partial charge in [0, 0.05) is 19.2 Å². The number of hydrogen-bond donors (Lipinski definition) is 1. The van der Waals surface area contributed by atoms with Crippen LogP contribution in [0.25, 0.3) is 5.65 Å². The highest BCUT2D eigenvalue weighted by molar-refractivity contribution is 6.05. The molecule has 1 saturated heterocycles. The van der Waals surface area contributed by atoms with Gasteiger partial charge in [0.1, 0.15) is 11.5 Å². The molecule has 1 aliphatic heterocycles. The van der Waals surface area contributed by atoms with Gasteiger partial charge in [-0.05, 0) is 17.5 Å². The van der Waals surface area contributed by atoms with E-state index in [0.29, 0.717) is 24.7 Å². The van der Waals surface area contributed by atoms with E-state index < -0.39 is 6.03 Å². The van der Waals surface area contributed by atoms with Crippen LogP contribution in [-0.4, -0.2) is 27.9 Å². The van der Waals surface area contributed by atoms with E-state index in [1.165, 1.54) is 0 Å². The Morgan fingerprint density at radius 1 is 1.35 bits per heavy atom. The van der Waals surface area contributed by atoms with E-state index in [1.807, 2.05) is 22.7 Å². The third kappa shape index (κ3) is 1.93. The summed E-state index contributed by atoms with van der Waals surface area (Å²) in [6.45, 7) is 4.59. The molecule has 1 fully saturated rings. The summed E-state index contributed by atoms with van der Waals surface area (Å²) in [6.07, 6.45) is 3.87. The summed E-state index contributed by atoms with van der Waals surface area (Å²) < 4.78 is 1.89. The Morgan fingerprint density at radius 2 is 2.15 bits per heavy atom. The molecule has 1 aliphatic rings. The van der Waals surface area contributed by atoms with Crippen molar-refractivity contribution in [2.24, 2.45) is 0 Å². The maximum absolute atomic E-state index is 11.9. The highest BCUT2D eigenvalue weighted by atomic mass is 16.2. The molecule has 0 unspecified atom stereocenters. The number of carbonyl (C=O) groups excluding carboxylic acids is 2. The fourth-order valence-electron chi connectivity index (χ4n) is 2.45. The molecule has 0 aliphatic carbocycles. The number of nitrogens with one attached hydrogen (secondary N) is 1. The Kier molecular flexibility index (Phi) is 2.93. The van der Waals surface area contributed by atoms with E-state index in [4.69, 9.17) is 0 Å². The highest BCUT2D eigenvalue weighted by Gasteiger charge is 2.26. The van der Waals surface area contributed by atoms with Gasteiger partial charge in [-0.3, -0.25) is 19.4 Å². The third-order valence-electron chi connectivity index (χ3n) is 3.50. The predicted octanol–water partition coefficient (Wildman–Crippen LogP) is 1.90. The van der Waals surface area contributed by atoms with Crippen molar-refractivity contribution in [3.05, 3.63) is 30.1 Å². The van der Waals surface area contributed by atoms with Crippen LogP contribution in [0, 0.1) is 0 Å². The van der Waals surface area contributed by atoms with Crippen LogP contribution in [0.3, 0.4) is 0 Å². The molecular formula is C14H16N4O2. The van der Waals surface area contributed by atoms with Crippen molar-refractivity contribution in [1.29, 1.82) is 0 Å². The Hall–Kier alpha value is -2.37. The SMILES string of the molecule is CC(C)c1cccn2c(N3CCC(=O)NC3=O)cnc12. The molecule has 104 valence electrons. The molecule has 6 nitrogen and oxygen atoms in total. The van der Waals surface area contributed by atoms with E-state index in [0.717, 1.165) is 11.2 Å². The predicted molar refractivity (Wildman–Crippen MR) is 74.8 cm³/mol. The van der Waals surface area contributed by atoms with Crippen molar-refractivity contribution in [2.75, 3.05) is 11.4 Å². The van der Waals surface area contributed by atoms with Crippen LogP contribution in [0.4, 0.5) is 10.6 Å². The van der Waals surface area contributed by atoms with E-state index in [1.54, 1.807) is 11.1 Å². The summed E-state index contributed by atoms with van der Waals surface area (Å²) in [5, 5.41) is 2.33. The molecule has 3 rings (SSSR count). The number of fused-ring (bicyclic) bond motifs is 1. The van der Waals surface area contributed by atoms with Gasteiger partial charge < -0.3 is 0 Å². The summed E-state index contributed by atoms with van der Waals surface area (Å²) in [5.74, 6) is 0.807. The number of urea groups is 1. The van der Waals surface area contributed by atoms with Gasteiger partial charge in [0.2, 0.25) is 5.91 Å². The number of pyridine rings is 1. The van der Waals surface area contributed by atoms with Crippen molar-refractivity contribution >= 4 is 23.4 Å². The zero-order valence-corrected chi connectivity index (χ0v) is 11.5. The van der Waals surface area contributed by atoms with Crippen molar-refractivity contribution in [2.45, 2.75) is 26.2 Å². The van der Waals surface area contributed by atoms with Crippen molar-refractivity contribution in [3.63, 3.8) is 0 Å². The van der Waals surface area contributed by atoms with E-state index >= 15 is 0 Å². The zero-order valence-electron chi connectivity index (χ0n) is 11.5. The van der Waals surface area contributed by atoms with Crippen LogP contribution in [0.15, 0.2) is 24.5 Å². The molecule has 0 radical (unpaired) electrons. The first-order valence-electron chi connectivity index (χ1n) is 6.65. The first-order chi connectivity index (χ1) is 9.58. The smallest absolute Gasteiger partial charge is 0.286 e. The summed E-state index contributed by atoms with van der Waals surface area (Å²) in [6, 6.07) is 3.59. The molecule has 0 aromatic carbocycles. The minimum Gasteiger partial charge on any atom is -0.286 e. The monoisotopic (exact) mass is 272 g/mol. The third-order valence-corrected chi connectivity index (χ3v) is 3.50. The minimum absolute atomic E-state index is 0.233. The fraction of sp³-hybridized carbons (Fsp3) is 0.357. The van der Waals surface area contributed by atoms with E-state index in [2.05, 4.69) is 24.1 Å². The maximum Gasteiger partial charge on any atom is 0.329 e. The van der Waals surface area contributed by atoms with Crippen LogP contribution in [0.1, 0.15) is 31.7 Å². The quantitative estimate of drug-likeness (QED) is 0.908. The van der Waals surface area contributed by atoms with Gasteiger partial charge >= 0.3 is 6.03 Å². The van der Waals surface area contributed by atoms with Crippen LogP contribution >= 0.6 is 0 Å². The Balaban J connectivity index is 2.07. The van der Waals surface area contributed by atoms with E-state index in [-0.39, 0.29) is 5.91 Å². The van der Waals surface area contributed by atoms with Gasteiger partial charge in [0.25, 0.3) is 0 Å². The average Bonchev–Trinajstić information content (AvgIpc) is 2.82. The molecule has 3 heterocycles. The second-order valence-electron chi connectivity index (χ2n) is 5.18. The number of anilines is 1. The molecule has 3 amide bonds. The Bertz CT molecular complexity index is 690. The van der Waals surface area contributed by atoms with Crippen molar-refractivity contribution in [1.82, 2.24) is 14.7 Å². The lowest BCUT2D eigenvalue weighted by Crippen LogP contribution is -2.50. The molecule has 2 aromatic rings. The van der Waals surface area contributed by atoms with Gasteiger partial charge in [0.05, 0.1) is 6.20 Å². The summed E-state index contributed by atoms with van der Waals surface area (Å²) in [5.41, 5.74) is 1.98. The van der Waals surface area contributed by atoms with Gasteiger partial charge in [0.15, 0.2) is 0 Å². The number of nitrogens with zero attached hydrogens (tertiary/aromatic N) is 3. The second-order valence-corrected chi connectivity index (χ2v) is 5.18. The van der Waals surface area contributed by atoms with Crippen molar-refractivity contribution < 1.29 is 9.59 Å². The fourth-order valence-corrected chi connectivity index (χ4v) is 2.45. The number of rotatable bonds is 2. The molecule has 0 atom stereocenters. The standard InChI is InChI=1S/C14H16N4O2/c1-9(2)10-4-3-6-17-12(8-15-13(10)17)18-7-5-11(19)16-14(18)20/h3-4,6,8-9H,5,7H2,1-2H3,(H,16,19,20). The molecule has 0 spiro atoms. The molecule has 2 aromatic heterocycles. The van der Waals surface area contributed by atoms with Gasteiger partial charge in [-0.15, -0.1) is 0 Å². The summed E-state index contributed by atoms with van der Waals surface area (Å²) in [7, 11) is 0. The minimum atomic E-state index is -0.391. The number of imidazole rings is 1. The normalized spacial score (nSPS) is 16.1. The van der Waals surface area contributed by atoms with Crippen LogP contribution in [-0.2, 0) is 4.79 Å². The van der Waals surface area contributed by atoms with Gasteiger partial charge in [-0.25, -0.2) is 9.78 Å². The molecule has 20 heavy (non-hydrogen) atoms. The molecular weight excluding hydrogens is 256 g/mol. The van der Waals surface area contributed by atoms with Crippen LogP contribution in [0.2, 0.25) is 0 Å². The molecule has 0 saturated carbocycles. The lowest BCUT2D eigenvalue weighted by molar-refractivity contribution is -0.120. The van der Waals surface area contributed by atoms with Gasteiger partial charge in [-0.1, -0.05) is 19.9 Å². The Morgan fingerprint density at radius 3 is 2.85 bits per heavy atom. The number of imide groups is 1. The second kappa shape index (κ2) is 4.63. The summed E-state index contributed by atoms with van der Waals surface area (Å²) in [4.78, 5) is 29.1. The van der Waals surface area contributed by atoms with Gasteiger partial charge in [-0.2, -0.15) is 0 Å². The van der Waals surface area contributed by atoms with Crippen molar-refractivity contribution in [3.8, 4) is 0 Å². The van der Waals surface area contributed by atoms with Crippen LogP contribution in [0.5, 0.6) is 0 Å². The zero-order chi connectivity index (χ0) is 14.3. The Labute approximate surface area is 116 Å². The lowest BCUT2D eigenvalue weighted by atomic mass is 10.1.